The molecule has 0 bridgehead atoms. The Morgan fingerprint density at radius 3 is 3.20 bits per heavy atom. The number of thiazole rings is 1. The first-order valence-corrected chi connectivity index (χ1v) is 6.07. The number of likely N-dealkylation sites (tertiary alicyclic amines) is 1. The van der Waals surface area contributed by atoms with Crippen molar-refractivity contribution in [3.05, 3.63) is 16.6 Å². The van der Waals surface area contributed by atoms with E-state index in [1.165, 1.54) is 25.2 Å². The summed E-state index contributed by atoms with van der Waals surface area (Å²) in [6.07, 6.45) is 1.32. The molecule has 2 rings (SSSR count). The van der Waals surface area contributed by atoms with Crippen molar-refractivity contribution in [2.24, 2.45) is 5.92 Å². The normalized spacial score (nSPS) is 21.5. The summed E-state index contributed by atoms with van der Waals surface area (Å²) in [4.78, 5) is 6.81. The molecule has 1 aromatic heterocycles. The second kappa shape index (κ2) is 6.43. The Bertz CT molecular complexity index is 266. The molecule has 86 valence electrons. The summed E-state index contributed by atoms with van der Waals surface area (Å²) in [5, 5.41) is 5.39. The Labute approximate surface area is 101 Å². The van der Waals surface area contributed by atoms with Crippen LogP contribution in [-0.4, -0.2) is 36.6 Å². The number of aromatic nitrogens is 1. The molecule has 1 aliphatic rings. The van der Waals surface area contributed by atoms with Gasteiger partial charge in [-0.25, -0.2) is 4.98 Å². The molecule has 1 aromatic rings. The van der Waals surface area contributed by atoms with Gasteiger partial charge in [-0.2, -0.15) is 0 Å². The maximum atomic E-state index is 4.31. The van der Waals surface area contributed by atoms with Crippen LogP contribution in [0.2, 0.25) is 0 Å². The van der Waals surface area contributed by atoms with E-state index < -0.39 is 0 Å². The average Bonchev–Trinajstić information content (AvgIpc) is 2.79. The quantitative estimate of drug-likeness (QED) is 0.876. The summed E-state index contributed by atoms with van der Waals surface area (Å²) in [5.74, 6) is 0.832. The van der Waals surface area contributed by atoms with E-state index in [0.717, 1.165) is 19.0 Å². The van der Waals surface area contributed by atoms with Crippen molar-refractivity contribution >= 4 is 23.7 Å². The van der Waals surface area contributed by atoms with Crippen LogP contribution in [0.4, 0.5) is 0 Å². The highest BCUT2D eigenvalue weighted by Crippen LogP contribution is 2.17. The van der Waals surface area contributed by atoms with Crippen LogP contribution in [0.1, 0.15) is 12.1 Å². The van der Waals surface area contributed by atoms with Crippen LogP contribution in [0.15, 0.2) is 10.9 Å². The average molecular weight is 248 g/mol. The number of hydrogen-bond donors (Lipinski definition) is 1. The summed E-state index contributed by atoms with van der Waals surface area (Å²) in [7, 11) is 2.03. The van der Waals surface area contributed by atoms with Gasteiger partial charge in [-0.15, -0.1) is 23.7 Å². The van der Waals surface area contributed by atoms with Gasteiger partial charge in [0.25, 0.3) is 0 Å². The molecule has 5 heteroatoms. The van der Waals surface area contributed by atoms with Crippen molar-refractivity contribution in [2.45, 2.75) is 13.0 Å². The van der Waals surface area contributed by atoms with Gasteiger partial charge in [0.1, 0.15) is 0 Å². The fraction of sp³-hybridized carbons (Fsp3) is 0.700. The molecule has 0 saturated carbocycles. The van der Waals surface area contributed by atoms with Gasteiger partial charge in [0.2, 0.25) is 0 Å². The summed E-state index contributed by atoms with van der Waals surface area (Å²) >= 11 is 1.68. The second-order valence-corrected chi connectivity index (χ2v) is 4.65. The predicted molar refractivity (Wildman–Crippen MR) is 66.7 cm³/mol. The van der Waals surface area contributed by atoms with Crippen molar-refractivity contribution in [3.8, 4) is 0 Å². The molecule has 0 aliphatic carbocycles. The van der Waals surface area contributed by atoms with E-state index in [1.807, 2.05) is 12.6 Å². The first-order valence-electron chi connectivity index (χ1n) is 5.12. The van der Waals surface area contributed by atoms with Crippen LogP contribution in [0.3, 0.4) is 0 Å². The van der Waals surface area contributed by atoms with Crippen molar-refractivity contribution in [2.75, 3.05) is 26.7 Å². The lowest BCUT2D eigenvalue weighted by Gasteiger charge is -2.14. The minimum absolute atomic E-state index is 0. The zero-order valence-corrected chi connectivity index (χ0v) is 10.6. The van der Waals surface area contributed by atoms with Gasteiger partial charge in [-0.1, -0.05) is 0 Å². The lowest BCUT2D eigenvalue weighted by Crippen LogP contribution is -2.24. The maximum Gasteiger partial charge on any atom is 0.0795 e. The lowest BCUT2D eigenvalue weighted by molar-refractivity contribution is 0.312. The first-order chi connectivity index (χ1) is 6.88. The molecule has 3 nitrogen and oxygen atoms in total. The number of nitrogens with one attached hydrogen (secondary N) is 1. The third-order valence-electron chi connectivity index (χ3n) is 2.73. The fourth-order valence-corrected chi connectivity index (χ4v) is 2.61. The van der Waals surface area contributed by atoms with Crippen LogP contribution < -0.4 is 5.32 Å². The van der Waals surface area contributed by atoms with Crippen LogP contribution in [0, 0.1) is 5.92 Å². The van der Waals surface area contributed by atoms with Crippen molar-refractivity contribution in [1.29, 1.82) is 0 Å². The molecule has 0 amide bonds. The van der Waals surface area contributed by atoms with Gasteiger partial charge in [0, 0.05) is 18.5 Å². The molecule has 0 spiro atoms. The first kappa shape index (κ1) is 12.9. The van der Waals surface area contributed by atoms with Crippen LogP contribution in [0.25, 0.3) is 0 Å². The number of halogens is 1. The van der Waals surface area contributed by atoms with Crippen molar-refractivity contribution in [1.82, 2.24) is 15.2 Å². The molecule has 1 fully saturated rings. The number of rotatable bonds is 4. The summed E-state index contributed by atoms with van der Waals surface area (Å²) in [6, 6.07) is 0. The van der Waals surface area contributed by atoms with Crippen molar-refractivity contribution in [3.63, 3.8) is 0 Å². The molecule has 1 saturated heterocycles. The maximum absolute atomic E-state index is 4.31. The molecular weight excluding hydrogens is 230 g/mol. The molecular formula is C10H18ClN3S. The van der Waals surface area contributed by atoms with E-state index in [-0.39, 0.29) is 12.4 Å². The molecule has 2 heterocycles. The highest BCUT2D eigenvalue weighted by Gasteiger charge is 2.21. The molecule has 15 heavy (non-hydrogen) atoms. The minimum Gasteiger partial charge on any atom is -0.319 e. The third kappa shape index (κ3) is 3.72. The molecule has 1 N–H and O–H groups in total. The van der Waals surface area contributed by atoms with Gasteiger partial charge in [-0.3, -0.25) is 4.90 Å². The summed E-state index contributed by atoms with van der Waals surface area (Å²) in [5.41, 5.74) is 3.14. The van der Waals surface area contributed by atoms with E-state index in [9.17, 15) is 0 Å². The standard InChI is InChI=1S/C10H17N3S.ClH/c1-11-4-9-2-3-13(5-9)6-10-7-14-8-12-10;/h7-9,11H,2-6H2,1H3;1H. The van der Waals surface area contributed by atoms with Gasteiger partial charge in [0.05, 0.1) is 11.2 Å². The Morgan fingerprint density at radius 2 is 2.53 bits per heavy atom. The predicted octanol–water partition coefficient (Wildman–Crippen LogP) is 1.61. The zero-order valence-electron chi connectivity index (χ0n) is 8.98. The monoisotopic (exact) mass is 247 g/mol. The van der Waals surface area contributed by atoms with E-state index in [4.69, 9.17) is 0 Å². The zero-order chi connectivity index (χ0) is 9.80. The second-order valence-electron chi connectivity index (χ2n) is 3.93. The van der Waals surface area contributed by atoms with Gasteiger partial charge in [0.15, 0.2) is 0 Å². The number of nitrogens with zero attached hydrogens (tertiary/aromatic N) is 2. The van der Waals surface area contributed by atoms with E-state index in [2.05, 4.69) is 20.6 Å². The number of hydrogen-bond acceptors (Lipinski definition) is 4. The van der Waals surface area contributed by atoms with Gasteiger partial charge >= 0.3 is 0 Å². The molecule has 1 aliphatic heterocycles. The Morgan fingerprint density at radius 1 is 1.67 bits per heavy atom. The highest BCUT2D eigenvalue weighted by atomic mass is 35.5. The van der Waals surface area contributed by atoms with Crippen LogP contribution in [-0.2, 0) is 6.54 Å². The lowest BCUT2D eigenvalue weighted by atomic mass is 10.1. The largest absolute Gasteiger partial charge is 0.319 e. The molecule has 0 radical (unpaired) electrons. The molecule has 1 unspecified atom stereocenters. The SMILES string of the molecule is CNCC1CCN(Cc2cscn2)C1.Cl. The highest BCUT2D eigenvalue weighted by molar-refractivity contribution is 7.07. The van der Waals surface area contributed by atoms with E-state index in [1.54, 1.807) is 11.3 Å². The van der Waals surface area contributed by atoms with Crippen LogP contribution >= 0.6 is 23.7 Å². The Balaban J connectivity index is 0.00000112. The topological polar surface area (TPSA) is 28.2 Å². The molecule has 1 atom stereocenters. The summed E-state index contributed by atoms with van der Waals surface area (Å²) in [6.45, 7) is 4.62. The Hall–Kier alpha value is -0.160. The smallest absolute Gasteiger partial charge is 0.0795 e. The van der Waals surface area contributed by atoms with Crippen LogP contribution in [0.5, 0.6) is 0 Å². The Kier molecular flexibility index (Phi) is 5.53. The van der Waals surface area contributed by atoms with Crippen molar-refractivity contribution < 1.29 is 0 Å². The summed E-state index contributed by atoms with van der Waals surface area (Å²) < 4.78 is 0. The van der Waals surface area contributed by atoms with Gasteiger partial charge < -0.3 is 5.32 Å². The third-order valence-corrected chi connectivity index (χ3v) is 3.37. The molecule has 0 aromatic carbocycles. The minimum atomic E-state index is 0. The van der Waals surface area contributed by atoms with E-state index in [0.29, 0.717) is 0 Å². The fourth-order valence-electron chi connectivity index (χ4n) is 2.06. The van der Waals surface area contributed by atoms with E-state index >= 15 is 0 Å². The van der Waals surface area contributed by atoms with Gasteiger partial charge in [-0.05, 0) is 32.5 Å².